The Balaban J connectivity index is -0.000000120. The van der Waals surface area contributed by atoms with E-state index < -0.39 is 0 Å². The average molecular weight is 131 g/mol. The molecule has 0 saturated carbocycles. The molecule has 0 fully saturated rings. The van der Waals surface area contributed by atoms with Gasteiger partial charge in [-0.15, -0.1) is 0 Å². The van der Waals surface area contributed by atoms with Gasteiger partial charge in [0.15, 0.2) is 0 Å². The van der Waals surface area contributed by atoms with Gasteiger partial charge in [-0.05, 0) is 12.1 Å². The molecule has 44 valence electrons. The van der Waals surface area contributed by atoms with Crippen molar-refractivity contribution in [2.75, 3.05) is 0 Å². The number of nitrogens with zero attached hydrogens (tertiary/aromatic N) is 1. The molecule has 0 aromatic carbocycles. The minimum atomic E-state index is 0. The van der Waals surface area contributed by atoms with E-state index in [-0.39, 0.29) is 46.4 Å². The topological polar surface area (TPSA) is 12.9 Å². The molecule has 0 bridgehead atoms. The first kappa shape index (κ1) is 16.1. The summed E-state index contributed by atoms with van der Waals surface area (Å²) in [6, 6.07) is 5.72. The summed E-state index contributed by atoms with van der Waals surface area (Å²) in [7, 11) is 0. The predicted molar refractivity (Wildman–Crippen MR) is 45.5 cm³/mol. The first-order valence-electron chi connectivity index (χ1n) is 1.85. The molecule has 1 rings (SSSR count). The van der Waals surface area contributed by atoms with Gasteiger partial charge in [0.05, 0.1) is 8.41 Å². The van der Waals surface area contributed by atoms with Crippen LogP contribution in [0.2, 0.25) is 0 Å². The first-order chi connectivity index (χ1) is 3.00. The third kappa shape index (κ3) is 8.28. The van der Waals surface area contributed by atoms with Gasteiger partial charge < -0.3 is 0 Å². The fourth-order valence-electron chi connectivity index (χ4n) is 0.313. The molecule has 0 aliphatic carbocycles. The van der Waals surface area contributed by atoms with Gasteiger partial charge >= 0.3 is 29.6 Å². The van der Waals surface area contributed by atoms with Crippen molar-refractivity contribution in [1.29, 1.82) is 0 Å². The minimum absolute atomic E-state index is 0. The van der Waals surface area contributed by atoms with Crippen LogP contribution in [0.25, 0.3) is 0 Å². The third-order valence-corrected chi connectivity index (χ3v) is 0.566. The van der Waals surface area contributed by atoms with Crippen molar-refractivity contribution >= 4 is 16.8 Å². The molecule has 0 saturated heterocycles. The van der Waals surface area contributed by atoms with Crippen molar-refractivity contribution in [3.05, 3.63) is 30.6 Å². The largest absolute Gasteiger partial charge is 1.00 e. The van der Waals surface area contributed by atoms with Crippen molar-refractivity contribution in [1.82, 2.24) is 4.98 Å². The van der Waals surface area contributed by atoms with Gasteiger partial charge in [-0.25, -0.2) is 0 Å². The Morgan fingerprint density at radius 3 is 1.44 bits per heavy atom. The van der Waals surface area contributed by atoms with E-state index >= 15 is 0 Å². The van der Waals surface area contributed by atoms with E-state index in [1.54, 1.807) is 12.4 Å². The van der Waals surface area contributed by atoms with Crippen LogP contribution in [0.1, 0.15) is 0 Å². The molecular formula is C5H12B2NNa. The molecule has 1 aromatic heterocycles. The van der Waals surface area contributed by atoms with Gasteiger partial charge in [0.2, 0.25) is 0 Å². The zero-order valence-corrected chi connectivity index (χ0v) is 6.33. The van der Waals surface area contributed by atoms with Gasteiger partial charge in [0.25, 0.3) is 0 Å². The molecule has 0 unspecified atom stereocenters. The van der Waals surface area contributed by atoms with E-state index in [0.717, 1.165) is 0 Å². The standard InChI is InChI=1S/C5H5N.BH4.BH3.Na/c1-2-4-6-5-3-1;;;/h1-5H;1H4;1H3;/q;-1;;+1. The van der Waals surface area contributed by atoms with Crippen LogP contribution in [-0.4, -0.2) is 21.8 Å². The molecule has 0 radical (unpaired) electrons. The molecule has 0 aliphatic rings. The fraction of sp³-hybridized carbons (Fsp3) is 0. The van der Waals surface area contributed by atoms with Crippen LogP contribution in [0.5, 0.6) is 0 Å². The summed E-state index contributed by atoms with van der Waals surface area (Å²) in [6.45, 7) is 0. The Bertz CT molecular complexity index is 86.9. The van der Waals surface area contributed by atoms with Crippen molar-refractivity contribution in [3.63, 3.8) is 0 Å². The molecule has 0 amide bonds. The van der Waals surface area contributed by atoms with Crippen molar-refractivity contribution in [2.45, 2.75) is 0 Å². The maximum Gasteiger partial charge on any atom is 1.00 e. The zero-order valence-electron chi connectivity index (χ0n) is 4.33. The van der Waals surface area contributed by atoms with Gasteiger partial charge in [0, 0.05) is 12.4 Å². The third-order valence-electron chi connectivity index (χ3n) is 0.566. The molecule has 1 heterocycles. The smallest absolute Gasteiger partial charge is 0.265 e. The average Bonchev–Trinajstić information content (AvgIpc) is 1.72. The van der Waals surface area contributed by atoms with Gasteiger partial charge in [0.1, 0.15) is 0 Å². The van der Waals surface area contributed by atoms with Crippen molar-refractivity contribution in [2.24, 2.45) is 0 Å². The fourth-order valence-corrected chi connectivity index (χ4v) is 0.313. The Hall–Kier alpha value is 0.280. The molecule has 0 atom stereocenters. The molecule has 9 heavy (non-hydrogen) atoms. The Kier molecular flexibility index (Phi) is 19.9. The summed E-state index contributed by atoms with van der Waals surface area (Å²) in [4.78, 5) is 3.78. The number of rotatable bonds is 0. The van der Waals surface area contributed by atoms with Gasteiger partial charge in [-0.3, -0.25) is 4.98 Å². The van der Waals surface area contributed by atoms with Crippen LogP contribution in [0.4, 0.5) is 0 Å². The Labute approximate surface area is 81.7 Å². The van der Waals surface area contributed by atoms with Crippen molar-refractivity contribution < 1.29 is 29.6 Å². The van der Waals surface area contributed by atoms with E-state index in [2.05, 4.69) is 4.98 Å². The summed E-state index contributed by atoms with van der Waals surface area (Å²) in [5, 5.41) is 0. The summed E-state index contributed by atoms with van der Waals surface area (Å²) >= 11 is 0. The SMILES string of the molecule is B.[BH4-].[Na+].c1ccncc1. The molecule has 0 N–H and O–H groups in total. The predicted octanol–water partition coefficient (Wildman–Crippen LogP) is -4.55. The zero-order chi connectivity index (χ0) is 4.24. The molecule has 1 aromatic rings. The number of pyridine rings is 1. The van der Waals surface area contributed by atoms with E-state index in [4.69, 9.17) is 0 Å². The van der Waals surface area contributed by atoms with E-state index in [9.17, 15) is 0 Å². The first-order valence-corrected chi connectivity index (χ1v) is 1.85. The Morgan fingerprint density at radius 1 is 0.889 bits per heavy atom. The van der Waals surface area contributed by atoms with Gasteiger partial charge in [-0.1, -0.05) is 14.5 Å². The summed E-state index contributed by atoms with van der Waals surface area (Å²) in [6.07, 6.45) is 3.50. The second kappa shape index (κ2) is 11.1. The molecular weight excluding hydrogens is 119 g/mol. The second-order valence-corrected chi connectivity index (χ2v) is 1.02. The summed E-state index contributed by atoms with van der Waals surface area (Å²) < 4.78 is 0. The maximum absolute atomic E-state index is 3.78. The second-order valence-electron chi connectivity index (χ2n) is 1.02. The summed E-state index contributed by atoms with van der Waals surface area (Å²) in [5.41, 5.74) is 0. The van der Waals surface area contributed by atoms with Crippen molar-refractivity contribution in [3.8, 4) is 0 Å². The van der Waals surface area contributed by atoms with Crippen LogP contribution in [0, 0.1) is 0 Å². The van der Waals surface area contributed by atoms with Crippen LogP contribution < -0.4 is 29.6 Å². The van der Waals surface area contributed by atoms with Crippen LogP contribution in [-0.2, 0) is 0 Å². The van der Waals surface area contributed by atoms with Crippen LogP contribution in [0.15, 0.2) is 30.6 Å². The van der Waals surface area contributed by atoms with Crippen LogP contribution in [0.3, 0.4) is 0 Å². The molecule has 0 aliphatic heterocycles. The number of hydrogen-bond acceptors (Lipinski definition) is 1. The van der Waals surface area contributed by atoms with Crippen LogP contribution >= 0.6 is 0 Å². The maximum atomic E-state index is 3.78. The number of hydrogen-bond donors (Lipinski definition) is 0. The molecule has 1 nitrogen and oxygen atoms in total. The quantitative estimate of drug-likeness (QED) is 0.323. The Morgan fingerprint density at radius 2 is 1.33 bits per heavy atom. The molecule has 0 spiro atoms. The van der Waals surface area contributed by atoms with E-state index in [0.29, 0.717) is 0 Å². The summed E-state index contributed by atoms with van der Waals surface area (Å²) in [5.74, 6) is 0. The normalized spacial score (nSPS) is 5.33. The van der Waals surface area contributed by atoms with E-state index in [1.165, 1.54) is 0 Å². The minimum Gasteiger partial charge on any atom is -0.265 e. The van der Waals surface area contributed by atoms with E-state index in [1.807, 2.05) is 18.2 Å². The van der Waals surface area contributed by atoms with Gasteiger partial charge in [-0.2, -0.15) is 0 Å². The number of aromatic nitrogens is 1. The molecule has 4 heteroatoms. The monoisotopic (exact) mass is 131 g/mol.